The second-order valence-corrected chi connectivity index (χ2v) is 14.6. The molecule has 0 saturated heterocycles. The summed E-state index contributed by atoms with van der Waals surface area (Å²) in [4.78, 5) is 12.5. The molecule has 0 aliphatic rings. The second-order valence-electron chi connectivity index (χ2n) is 14.6. The lowest BCUT2D eigenvalue weighted by Gasteiger charge is -2.27. The Morgan fingerprint density at radius 1 is 0.500 bits per heavy atom. The van der Waals surface area contributed by atoms with Gasteiger partial charge in [-0.1, -0.05) is 172 Å². The number of hydrogen-bond donors (Lipinski definition) is 5. The number of aliphatic hydroxyl groups excluding tert-OH is 4. The Kier molecular flexibility index (Phi) is 37.6. The monoisotopic (exact) mass is 706 g/mol. The van der Waals surface area contributed by atoms with Crippen LogP contribution in [0.25, 0.3) is 0 Å². The standard InChI is InChI=1S/C44H83NO5/c1-3-5-7-9-11-13-14-15-16-17-18-19-20-21-22-23-24-25-26-27-28-30-32-34-36-38-42(48)44(50)45-40(39-46)43(49)41(47)37-35-33-31-29-12-10-8-6-4-2/h6,8,21-22,29,31,40-43,46-49H,3-5,7,9-20,23-28,30,32-39H2,1-2H3,(H,45,50)/b8-6+,22-21-,31-29+. The van der Waals surface area contributed by atoms with E-state index in [0.29, 0.717) is 19.3 Å². The maximum Gasteiger partial charge on any atom is 0.249 e. The summed E-state index contributed by atoms with van der Waals surface area (Å²) < 4.78 is 0. The van der Waals surface area contributed by atoms with Crippen molar-refractivity contribution < 1.29 is 25.2 Å². The van der Waals surface area contributed by atoms with Crippen LogP contribution in [0.4, 0.5) is 0 Å². The number of unbranched alkanes of at least 4 members (excludes halogenated alkanes) is 23. The molecule has 0 aliphatic carbocycles. The van der Waals surface area contributed by atoms with Crippen molar-refractivity contribution in [1.29, 1.82) is 0 Å². The first-order chi connectivity index (χ1) is 24.5. The molecule has 0 spiro atoms. The topological polar surface area (TPSA) is 110 Å². The van der Waals surface area contributed by atoms with Gasteiger partial charge in [0.05, 0.1) is 18.8 Å². The Hall–Kier alpha value is -1.47. The molecule has 0 saturated carbocycles. The zero-order valence-electron chi connectivity index (χ0n) is 32.9. The van der Waals surface area contributed by atoms with E-state index < -0.39 is 36.9 Å². The van der Waals surface area contributed by atoms with Crippen molar-refractivity contribution in [3.8, 4) is 0 Å². The van der Waals surface area contributed by atoms with Crippen molar-refractivity contribution >= 4 is 5.91 Å². The van der Waals surface area contributed by atoms with Gasteiger partial charge in [-0.25, -0.2) is 0 Å². The number of carbonyl (C=O) groups is 1. The number of hydrogen-bond acceptors (Lipinski definition) is 5. The van der Waals surface area contributed by atoms with Crippen LogP contribution >= 0.6 is 0 Å². The van der Waals surface area contributed by atoms with Gasteiger partial charge in [-0.15, -0.1) is 0 Å². The Morgan fingerprint density at radius 3 is 1.36 bits per heavy atom. The van der Waals surface area contributed by atoms with Crippen molar-refractivity contribution in [3.05, 3.63) is 36.5 Å². The van der Waals surface area contributed by atoms with Crippen LogP contribution in [0.5, 0.6) is 0 Å². The number of carbonyl (C=O) groups excluding carboxylic acids is 1. The maximum absolute atomic E-state index is 12.5. The molecule has 0 rings (SSSR count). The molecule has 4 unspecified atom stereocenters. The first-order valence-electron chi connectivity index (χ1n) is 21.4. The summed E-state index contributed by atoms with van der Waals surface area (Å²) in [7, 11) is 0. The molecule has 6 heteroatoms. The average Bonchev–Trinajstić information content (AvgIpc) is 3.12. The van der Waals surface area contributed by atoms with Crippen LogP contribution in [0.15, 0.2) is 36.5 Å². The van der Waals surface area contributed by atoms with Gasteiger partial charge >= 0.3 is 0 Å². The van der Waals surface area contributed by atoms with Crippen molar-refractivity contribution in [1.82, 2.24) is 5.32 Å². The van der Waals surface area contributed by atoms with Crippen LogP contribution < -0.4 is 5.32 Å². The molecule has 50 heavy (non-hydrogen) atoms. The van der Waals surface area contributed by atoms with E-state index in [0.717, 1.165) is 44.9 Å². The van der Waals surface area contributed by atoms with Gasteiger partial charge in [0, 0.05) is 0 Å². The Balaban J connectivity index is 3.67. The predicted octanol–water partition coefficient (Wildman–Crippen LogP) is 11.0. The third-order valence-electron chi connectivity index (χ3n) is 9.81. The van der Waals surface area contributed by atoms with E-state index >= 15 is 0 Å². The lowest BCUT2D eigenvalue weighted by atomic mass is 10.00. The minimum atomic E-state index is -1.29. The summed E-state index contributed by atoms with van der Waals surface area (Å²) in [6, 6.07) is -1.01. The molecule has 0 bridgehead atoms. The van der Waals surface area contributed by atoms with Gasteiger partial charge in [0.15, 0.2) is 0 Å². The van der Waals surface area contributed by atoms with Gasteiger partial charge in [0.25, 0.3) is 0 Å². The third kappa shape index (κ3) is 32.4. The second kappa shape index (κ2) is 38.8. The van der Waals surface area contributed by atoms with Gasteiger partial charge in [-0.3, -0.25) is 4.79 Å². The Labute approximate surface area is 309 Å². The number of rotatable bonds is 38. The SMILES string of the molecule is CC/C=C/CC/C=C/CCCC(O)C(O)C(CO)NC(=O)C(O)CCCCCCCCCCC/C=C\CCCCCCCCCCCCCC. The highest BCUT2D eigenvalue weighted by Crippen LogP contribution is 2.15. The number of aliphatic hydroxyl groups is 4. The zero-order chi connectivity index (χ0) is 36.8. The van der Waals surface area contributed by atoms with Crippen LogP contribution in [-0.4, -0.2) is 57.3 Å². The molecule has 0 radical (unpaired) electrons. The van der Waals surface area contributed by atoms with E-state index in [4.69, 9.17) is 0 Å². The predicted molar refractivity (Wildman–Crippen MR) is 214 cm³/mol. The summed E-state index contributed by atoms with van der Waals surface area (Å²) in [5.41, 5.74) is 0. The van der Waals surface area contributed by atoms with Crippen molar-refractivity contribution in [2.45, 2.75) is 231 Å². The number of allylic oxidation sites excluding steroid dienone is 6. The van der Waals surface area contributed by atoms with Gasteiger partial charge in [0.1, 0.15) is 12.2 Å². The average molecular weight is 706 g/mol. The summed E-state index contributed by atoms with van der Waals surface area (Å²) in [5, 5.41) is 43.4. The van der Waals surface area contributed by atoms with Crippen molar-refractivity contribution in [2.75, 3.05) is 6.61 Å². The van der Waals surface area contributed by atoms with Gasteiger partial charge < -0.3 is 25.7 Å². The van der Waals surface area contributed by atoms with Crippen LogP contribution in [0.1, 0.15) is 206 Å². The molecule has 0 heterocycles. The highest BCUT2D eigenvalue weighted by molar-refractivity contribution is 5.80. The molecule has 1 amide bonds. The molecular formula is C44H83NO5. The van der Waals surface area contributed by atoms with E-state index in [-0.39, 0.29) is 0 Å². The van der Waals surface area contributed by atoms with Gasteiger partial charge in [0.2, 0.25) is 5.91 Å². The van der Waals surface area contributed by atoms with E-state index in [1.54, 1.807) is 0 Å². The lowest BCUT2D eigenvalue weighted by molar-refractivity contribution is -0.132. The van der Waals surface area contributed by atoms with Crippen molar-refractivity contribution in [3.63, 3.8) is 0 Å². The highest BCUT2D eigenvalue weighted by Gasteiger charge is 2.28. The summed E-state index contributed by atoms with van der Waals surface area (Å²) in [5.74, 6) is -0.602. The normalized spacial score (nSPS) is 14.6. The molecule has 6 nitrogen and oxygen atoms in total. The third-order valence-corrected chi connectivity index (χ3v) is 9.81. The minimum absolute atomic E-state index is 0.357. The Morgan fingerprint density at radius 2 is 0.900 bits per heavy atom. The quantitative estimate of drug-likeness (QED) is 0.0324. The van der Waals surface area contributed by atoms with Crippen molar-refractivity contribution in [2.24, 2.45) is 0 Å². The van der Waals surface area contributed by atoms with E-state index in [9.17, 15) is 25.2 Å². The fraction of sp³-hybridized carbons (Fsp3) is 0.841. The molecular weight excluding hydrogens is 622 g/mol. The fourth-order valence-corrected chi connectivity index (χ4v) is 6.42. The summed E-state index contributed by atoms with van der Waals surface area (Å²) in [6.07, 6.45) is 44.9. The van der Waals surface area contributed by atoms with Crippen LogP contribution in [0.2, 0.25) is 0 Å². The van der Waals surface area contributed by atoms with Crippen LogP contribution in [-0.2, 0) is 4.79 Å². The zero-order valence-corrected chi connectivity index (χ0v) is 32.9. The van der Waals surface area contributed by atoms with Crippen LogP contribution in [0, 0.1) is 0 Å². The molecule has 0 fully saturated rings. The number of nitrogens with one attached hydrogen (secondary N) is 1. The minimum Gasteiger partial charge on any atom is -0.394 e. The lowest BCUT2D eigenvalue weighted by Crippen LogP contribution is -2.53. The molecule has 294 valence electrons. The molecule has 0 aromatic carbocycles. The molecule has 5 N–H and O–H groups in total. The molecule has 0 aromatic rings. The van der Waals surface area contributed by atoms with Gasteiger partial charge in [-0.05, 0) is 70.6 Å². The molecule has 0 aromatic heterocycles. The summed E-state index contributed by atoms with van der Waals surface area (Å²) in [6.45, 7) is 3.90. The maximum atomic E-state index is 12.5. The van der Waals surface area contributed by atoms with E-state index in [2.05, 4.69) is 55.6 Å². The fourth-order valence-electron chi connectivity index (χ4n) is 6.42. The van der Waals surface area contributed by atoms with E-state index in [1.807, 2.05) is 0 Å². The number of amides is 1. The van der Waals surface area contributed by atoms with Gasteiger partial charge in [-0.2, -0.15) is 0 Å². The first-order valence-corrected chi connectivity index (χ1v) is 21.4. The first kappa shape index (κ1) is 48.5. The molecule has 0 aliphatic heterocycles. The highest BCUT2D eigenvalue weighted by atomic mass is 16.3. The van der Waals surface area contributed by atoms with E-state index in [1.165, 1.54) is 128 Å². The molecule has 4 atom stereocenters. The van der Waals surface area contributed by atoms with Crippen LogP contribution in [0.3, 0.4) is 0 Å². The Bertz CT molecular complexity index is 797. The largest absolute Gasteiger partial charge is 0.394 e. The smallest absolute Gasteiger partial charge is 0.249 e. The summed E-state index contributed by atoms with van der Waals surface area (Å²) >= 11 is 0.